The molecule has 0 bridgehead atoms. The van der Waals surface area contributed by atoms with Gasteiger partial charge in [0, 0.05) is 13.1 Å². The fraction of sp³-hybridized carbons (Fsp3) is 0.455. The SMILES string of the molecule is CN(C)CCNc1cc(C(F)(F)F)ccc1Cl. The molecule has 0 aliphatic carbocycles. The van der Waals surface area contributed by atoms with Crippen LogP contribution in [0.15, 0.2) is 18.2 Å². The van der Waals surface area contributed by atoms with Gasteiger partial charge in [-0.1, -0.05) is 11.6 Å². The molecule has 1 aromatic carbocycles. The van der Waals surface area contributed by atoms with Crippen molar-refractivity contribution in [3.05, 3.63) is 28.8 Å². The van der Waals surface area contributed by atoms with E-state index in [0.29, 0.717) is 18.8 Å². The maximum absolute atomic E-state index is 12.5. The molecule has 0 aliphatic heterocycles. The van der Waals surface area contributed by atoms with Gasteiger partial charge in [0.1, 0.15) is 0 Å². The molecule has 0 aliphatic rings. The zero-order valence-corrected chi connectivity index (χ0v) is 10.4. The number of nitrogens with zero attached hydrogens (tertiary/aromatic N) is 1. The van der Waals surface area contributed by atoms with Crippen molar-refractivity contribution < 1.29 is 13.2 Å². The van der Waals surface area contributed by atoms with E-state index in [1.807, 2.05) is 19.0 Å². The first-order valence-corrected chi connectivity index (χ1v) is 5.44. The third-order valence-corrected chi connectivity index (χ3v) is 2.50. The summed E-state index contributed by atoms with van der Waals surface area (Å²) in [6.45, 7) is 1.25. The summed E-state index contributed by atoms with van der Waals surface area (Å²) in [5.41, 5.74) is -0.391. The molecule has 0 heterocycles. The lowest BCUT2D eigenvalue weighted by Crippen LogP contribution is -2.21. The predicted molar refractivity (Wildman–Crippen MR) is 63.5 cm³/mol. The summed E-state index contributed by atoms with van der Waals surface area (Å²) in [5.74, 6) is 0. The summed E-state index contributed by atoms with van der Waals surface area (Å²) in [6.07, 6.45) is -4.34. The molecular weight excluding hydrogens is 253 g/mol. The average Bonchev–Trinajstić information content (AvgIpc) is 2.18. The van der Waals surface area contributed by atoms with E-state index < -0.39 is 11.7 Å². The number of nitrogens with one attached hydrogen (secondary N) is 1. The van der Waals surface area contributed by atoms with Gasteiger partial charge in [0.25, 0.3) is 0 Å². The second-order valence-electron chi connectivity index (χ2n) is 3.92. The minimum atomic E-state index is -4.34. The van der Waals surface area contributed by atoms with Crippen molar-refractivity contribution in [3.8, 4) is 0 Å². The number of halogens is 4. The van der Waals surface area contributed by atoms with Crippen LogP contribution in [-0.2, 0) is 6.18 Å². The van der Waals surface area contributed by atoms with Gasteiger partial charge in [-0.2, -0.15) is 13.2 Å². The predicted octanol–water partition coefficient (Wildman–Crippen LogP) is 3.33. The monoisotopic (exact) mass is 266 g/mol. The maximum atomic E-state index is 12.5. The topological polar surface area (TPSA) is 15.3 Å². The van der Waals surface area contributed by atoms with Crippen molar-refractivity contribution in [1.82, 2.24) is 4.90 Å². The van der Waals surface area contributed by atoms with Gasteiger partial charge in [-0.05, 0) is 32.3 Å². The van der Waals surface area contributed by atoms with Crippen LogP contribution in [0.3, 0.4) is 0 Å². The van der Waals surface area contributed by atoms with Crippen LogP contribution in [0.1, 0.15) is 5.56 Å². The van der Waals surface area contributed by atoms with E-state index in [0.717, 1.165) is 12.1 Å². The van der Waals surface area contributed by atoms with Crippen LogP contribution in [-0.4, -0.2) is 32.1 Å². The second-order valence-corrected chi connectivity index (χ2v) is 4.33. The Hall–Kier alpha value is -0.940. The molecule has 0 atom stereocenters. The van der Waals surface area contributed by atoms with Gasteiger partial charge in [0.2, 0.25) is 0 Å². The molecule has 0 radical (unpaired) electrons. The Morgan fingerprint density at radius 3 is 2.47 bits per heavy atom. The third kappa shape index (κ3) is 4.44. The molecule has 96 valence electrons. The molecule has 17 heavy (non-hydrogen) atoms. The normalized spacial score (nSPS) is 11.9. The smallest absolute Gasteiger partial charge is 0.383 e. The van der Waals surface area contributed by atoms with Crippen LogP contribution >= 0.6 is 11.6 Å². The molecule has 6 heteroatoms. The molecular formula is C11H14ClF3N2. The molecule has 2 nitrogen and oxygen atoms in total. The van der Waals surface area contributed by atoms with E-state index in [2.05, 4.69) is 5.32 Å². The van der Waals surface area contributed by atoms with Crippen molar-refractivity contribution in [1.29, 1.82) is 0 Å². The number of anilines is 1. The van der Waals surface area contributed by atoms with E-state index in [9.17, 15) is 13.2 Å². The lowest BCUT2D eigenvalue weighted by molar-refractivity contribution is -0.137. The molecule has 0 fully saturated rings. The maximum Gasteiger partial charge on any atom is 0.416 e. The largest absolute Gasteiger partial charge is 0.416 e. The van der Waals surface area contributed by atoms with Gasteiger partial charge >= 0.3 is 6.18 Å². The number of rotatable bonds is 4. The highest BCUT2D eigenvalue weighted by atomic mass is 35.5. The highest BCUT2D eigenvalue weighted by molar-refractivity contribution is 6.33. The van der Waals surface area contributed by atoms with E-state index in [1.165, 1.54) is 6.07 Å². The van der Waals surface area contributed by atoms with Crippen molar-refractivity contribution in [2.75, 3.05) is 32.5 Å². The van der Waals surface area contributed by atoms with Gasteiger partial charge in [-0.3, -0.25) is 0 Å². The van der Waals surface area contributed by atoms with Gasteiger partial charge < -0.3 is 10.2 Å². The van der Waals surface area contributed by atoms with Gasteiger partial charge in [0.15, 0.2) is 0 Å². The highest BCUT2D eigenvalue weighted by Gasteiger charge is 2.30. The van der Waals surface area contributed by atoms with Crippen LogP contribution < -0.4 is 5.32 Å². The van der Waals surface area contributed by atoms with Crippen LogP contribution in [0.4, 0.5) is 18.9 Å². The molecule has 0 spiro atoms. The zero-order chi connectivity index (χ0) is 13.1. The zero-order valence-electron chi connectivity index (χ0n) is 9.61. The first-order chi connectivity index (χ1) is 7.80. The lowest BCUT2D eigenvalue weighted by Gasteiger charge is -2.14. The van der Waals surface area contributed by atoms with Crippen LogP contribution in [0.25, 0.3) is 0 Å². The highest BCUT2D eigenvalue weighted by Crippen LogP contribution is 2.33. The number of hydrogen-bond donors (Lipinski definition) is 1. The van der Waals surface area contributed by atoms with Crippen molar-refractivity contribution in [2.24, 2.45) is 0 Å². The van der Waals surface area contributed by atoms with Crippen molar-refractivity contribution >= 4 is 17.3 Å². The summed E-state index contributed by atoms with van der Waals surface area (Å²) in [5, 5.41) is 3.17. The Bertz CT molecular complexity index is 377. The van der Waals surface area contributed by atoms with E-state index in [-0.39, 0.29) is 5.02 Å². The Kier molecular flexibility index (Phi) is 4.65. The minimum Gasteiger partial charge on any atom is -0.383 e. The van der Waals surface area contributed by atoms with Crippen molar-refractivity contribution in [3.63, 3.8) is 0 Å². The number of benzene rings is 1. The molecule has 1 N–H and O–H groups in total. The fourth-order valence-corrected chi connectivity index (χ4v) is 1.44. The van der Waals surface area contributed by atoms with E-state index in [1.54, 1.807) is 0 Å². The van der Waals surface area contributed by atoms with Gasteiger partial charge in [-0.15, -0.1) is 0 Å². The van der Waals surface area contributed by atoms with Crippen LogP contribution in [0.2, 0.25) is 5.02 Å². The average molecular weight is 267 g/mol. The Balaban J connectivity index is 2.77. The van der Waals surface area contributed by atoms with Crippen LogP contribution in [0, 0.1) is 0 Å². The number of hydrogen-bond acceptors (Lipinski definition) is 2. The summed E-state index contributed by atoms with van der Waals surface area (Å²) in [4.78, 5) is 1.93. The second kappa shape index (κ2) is 5.60. The molecule has 0 saturated heterocycles. The Labute approximate surface area is 103 Å². The summed E-state index contributed by atoms with van der Waals surface area (Å²) < 4.78 is 37.4. The van der Waals surface area contributed by atoms with Gasteiger partial charge in [-0.25, -0.2) is 0 Å². The summed E-state index contributed by atoms with van der Waals surface area (Å²) >= 11 is 5.82. The molecule has 0 amide bonds. The molecule has 0 saturated carbocycles. The standard InChI is InChI=1S/C11H14ClF3N2/c1-17(2)6-5-16-10-7-8(11(13,14)15)3-4-9(10)12/h3-4,7,16H,5-6H2,1-2H3. The summed E-state index contributed by atoms with van der Waals surface area (Å²) in [6, 6.07) is 3.25. The lowest BCUT2D eigenvalue weighted by atomic mass is 10.2. The first kappa shape index (κ1) is 14.1. The van der Waals surface area contributed by atoms with Crippen LogP contribution in [0.5, 0.6) is 0 Å². The Morgan fingerprint density at radius 1 is 1.29 bits per heavy atom. The Morgan fingerprint density at radius 2 is 1.94 bits per heavy atom. The molecule has 0 aromatic heterocycles. The quantitative estimate of drug-likeness (QED) is 0.899. The van der Waals surface area contributed by atoms with E-state index in [4.69, 9.17) is 11.6 Å². The number of alkyl halides is 3. The van der Waals surface area contributed by atoms with Crippen molar-refractivity contribution in [2.45, 2.75) is 6.18 Å². The summed E-state index contributed by atoms with van der Waals surface area (Å²) in [7, 11) is 3.77. The minimum absolute atomic E-state index is 0.289. The number of likely N-dealkylation sites (N-methyl/N-ethyl adjacent to an activating group) is 1. The van der Waals surface area contributed by atoms with Gasteiger partial charge in [0.05, 0.1) is 16.3 Å². The fourth-order valence-electron chi connectivity index (χ4n) is 1.25. The first-order valence-electron chi connectivity index (χ1n) is 5.06. The van der Waals surface area contributed by atoms with E-state index >= 15 is 0 Å². The molecule has 0 unspecified atom stereocenters. The molecule has 1 aromatic rings. The third-order valence-electron chi connectivity index (χ3n) is 2.17. The molecule has 1 rings (SSSR count).